The van der Waals surface area contributed by atoms with Gasteiger partial charge in [-0.15, -0.1) is 0 Å². The topological polar surface area (TPSA) is 132 Å². The number of nitrogens with one attached hydrogen (secondary N) is 2. The summed E-state index contributed by atoms with van der Waals surface area (Å²) in [4.78, 5) is 30.7. The molecular formula is C22H24FN5O4S. The number of piperazine rings is 1. The average molecular weight is 474 g/mol. The van der Waals surface area contributed by atoms with Gasteiger partial charge in [0, 0.05) is 26.2 Å². The number of aromatic amines is 2. The number of rotatable bonds is 6. The molecule has 174 valence electrons. The van der Waals surface area contributed by atoms with Crippen LogP contribution in [-0.2, 0) is 15.8 Å². The van der Waals surface area contributed by atoms with Gasteiger partial charge in [-0.3, -0.25) is 19.7 Å². The van der Waals surface area contributed by atoms with E-state index >= 15 is 0 Å². The van der Waals surface area contributed by atoms with Crippen molar-refractivity contribution in [3.8, 4) is 0 Å². The number of hydrogen-bond acceptors (Lipinski definition) is 6. The molecule has 3 aromatic rings. The monoisotopic (exact) mass is 473 g/mol. The first-order chi connectivity index (χ1) is 15.7. The predicted octanol–water partition coefficient (Wildman–Crippen LogP) is 1.02. The average Bonchev–Trinajstić information content (AvgIpc) is 2.76. The minimum absolute atomic E-state index is 0.0841. The summed E-state index contributed by atoms with van der Waals surface area (Å²) in [5.74, 6) is -0.702. The molecule has 0 saturated carbocycles. The van der Waals surface area contributed by atoms with E-state index < -0.39 is 33.1 Å². The van der Waals surface area contributed by atoms with Gasteiger partial charge in [0.05, 0.1) is 17.4 Å². The molecule has 0 aliphatic carbocycles. The first-order valence-corrected chi connectivity index (χ1v) is 12.0. The second kappa shape index (κ2) is 9.30. The molecular weight excluding hydrogens is 449 g/mol. The number of nitrogens with two attached hydrogens (primary N) is 1. The van der Waals surface area contributed by atoms with Gasteiger partial charge >= 0.3 is 5.69 Å². The summed E-state index contributed by atoms with van der Waals surface area (Å²) in [6, 6.07) is 13.9. The second-order valence-electron chi connectivity index (χ2n) is 7.87. The van der Waals surface area contributed by atoms with E-state index in [2.05, 4.69) is 9.97 Å². The minimum atomic E-state index is -3.54. The number of nitrogen functional groups attached to an aromatic ring is 1. The molecule has 1 atom stereocenters. The Hall–Kier alpha value is -3.28. The molecule has 4 rings (SSSR count). The maximum atomic E-state index is 14.0. The van der Waals surface area contributed by atoms with Crippen LogP contribution in [0.3, 0.4) is 0 Å². The third kappa shape index (κ3) is 5.05. The molecule has 1 aliphatic rings. The van der Waals surface area contributed by atoms with E-state index in [4.69, 9.17) is 5.73 Å². The Labute approximate surface area is 189 Å². The van der Waals surface area contributed by atoms with Crippen LogP contribution in [0.5, 0.6) is 0 Å². The molecule has 11 heteroatoms. The van der Waals surface area contributed by atoms with E-state index in [9.17, 15) is 22.4 Å². The van der Waals surface area contributed by atoms with Crippen LogP contribution in [0, 0.1) is 5.82 Å². The van der Waals surface area contributed by atoms with E-state index in [0.29, 0.717) is 11.1 Å². The summed E-state index contributed by atoms with van der Waals surface area (Å²) in [6.45, 7) is 0.963. The normalized spacial score (nSPS) is 16.5. The minimum Gasteiger partial charge on any atom is -0.385 e. The van der Waals surface area contributed by atoms with Gasteiger partial charge in [0.2, 0.25) is 10.0 Å². The summed E-state index contributed by atoms with van der Waals surface area (Å²) in [5.41, 5.74) is 5.82. The number of hydrogen-bond donors (Lipinski definition) is 3. The summed E-state index contributed by atoms with van der Waals surface area (Å²) in [7, 11) is -3.54. The van der Waals surface area contributed by atoms with Crippen molar-refractivity contribution in [2.45, 2.75) is 11.8 Å². The summed E-state index contributed by atoms with van der Waals surface area (Å²) < 4.78 is 41.2. The molecule has 0 spiro atoms. The maximum absolute atomic E-state index is 14.0. The number of benzene rings is 2. The zero-order chi connectivity index (χ0) is 23.6. The van der Waals surface area contributed by atoms with Gasteiger partial charge in [0.25, 0.3) is 5.56 Å². The summed E-state index contributed by atoms with van der Waals surface area (Å²) in [6.07, 6.45) is 0. The third-order valence-corrected chi connectivity index (χ3v) is 7.52. The summed E-state index contributed by atoms with van der Waals surface area (Å²) in [5, 5.41) is 0. The fourth-order valence-electron chi connectivity index (χ4n) is 4.14. The van der Waals surface area contributed by atoms with Crippen LogP contribution in [0.2, 0.25) is 0 Å². The Kier molecular flexibility index (Phi) is 6.45. The van der Waals surface area contributed by atoms with Gasteiger partial charge < -0.3 is 5.73 Å². The lowest BCUT2D eigenvalue weighted by Gasteiger charge is -2.39. The number of aromatic nitrogens is 2. The van der Waals surface area contributed by atoms with Gasteiger partial charge in [0.1, 0.15) is 11.6 Å². The smallest absolute Gasteiger partial charge is 0.327 e. The van der Waals surface area contributed by atoms with Crippen molar-refractivity contribution >= 4 is 15.8 Å². The second-order valence-corrected chi connectivity index (χ2v) is 9.84. The largest absolute Gasteiger partial charge is 0.385 e. The molecule has 0 radical (unpaired) electrons. The Bertz CT molecular complexity index is 1350. The van der Waals surface area contributed by atoms with Gasteiger partial charge in [-0.05, 0) is 23.3 Å². The Morgan fingerprint density at radius 1 is 0.970 bits per heavy atom. The van der Waals surface area contributed by atoms with Gasteiger partial charge in [0.15, 0.2) is 0 Å². The van der Waals surface area contributed by atoms with Crippen LogP contribution in [-0.4, -0.2) is 53.8 Å². The van der Waals surface area contributed by atoms with E-state index in [1.54, 1.807) is 30.3 Å². The van der Waals surface area contributed by atoms with Crippen molar-refractivity contribution in [3.63, 3.8) is 0 Å². The molecule has 1 unspecified atom stereocenters. The first-order valence-electron chi connectivity index (χ1n) is 10.4. The lowest BCUT2D eigenvalue weighted by atomic mass is 9.97. The highest BCUT2D eigenvalue weighted by Gasteiger charge is 2.33. The maximum Gasteiger partial charge on any atom is 0.327 e. The number of H-pyrrole nitrogens is 2. The van der Waals surface area contributed by atoms with Crippen molar-refractivity contribution in [2.75, 3.05) is 31.9 Å². The number of nitrogens with zero attached hydrogens (tertiary/aromatic N) is 2. The van der Waals surface area contributed by atoms with Crippen LogP contribution in [0.1, 0.15) is 22.7 Å². The highest BCUT2D eigenvalue weighted by molar-refractivity contribution is 7.88. The SMILES string of the molecule is Nc1[nH]c(=O)[nH]c(=O)c1C(c1cccc(F)c1)N1CCN(S(=O)(=O)Cc2ccccc2)CC1. The predicted molar refractivity (Wildman–Crippen MR) is 123 cm³/mol. The highest BCUT2D eigenvalue weighted by atomic mass is 32.2. The van der Waals surface area contributed by atoms with Crippen molar-refractivity contribution in [3.05, 3.63) is 97.9 Å². The molecule has 1 aliphatic heterocycles. The fourth-order valence-corrected chi connectivity index (χ4v) is 5.65. The molecule has 33 heavy (non-hydrogen) atoms. The molecule has 4 N–H and O–H groups in total. The lowest BCUT2D eigenvalue weighted by Crippen LogP contribution is -2.51. The van der Waals surface area contributed by atoms with E-state index in [0.717, 1.165) is 0 Å². The standard InChI is InChI=1S/C22H24FN5O4S/c23-17-8-4-7-16(13-17)19(18-20(24)25-22(30)26-21(18)29)27-9-11-28(12-10-27)33(31,32)14-15-5-2-1-3-6-15/h1-8,13,19H,9-12,14H2,(H4,24,25,26,29,30). The number of anilines is 1. The number of sulfonamides is 1. The van der Waals surface area contributed by atoms with Crippen molar-refractivity contribution in [1.29, 1.82) is 0 Å². The molecule has 1 saturated heterocycles. The lowest BCUT2D eigenvalue weighted by molar-refractivity contribution is 0.155. The van der Waals surface area contributed by atoms with Crippen molar-refractivity contribution < 1.29 is 12.8 Å². The molecule has 2 aromatic carbocycles. The Morgan fingerprint density at radius 2 is 1.67 bits per heavy atom. The van der Waals surface area contributed by atoms with Crippen LogP contribution < -0.4 is 17.0 Å². The van der Waals surface area contributed by atoms with Crippen LogP contribution >= 0.6 is 0 Å². The van der Waals surface area contributed by atoms with Crippen molar-refractivity contribution in [2.24, 2.45) is 0 Å². The molecule has 0 amide bonds. The Morgan fingerprint density at radius 3 is 2.30 bits per heavy atom. The van der Waals surface area contributed by atoms with Crippen LogP contribution in [0.15, 0.2) is 64.2 Å². The highest BCUT2D eigenvalue weighted by Crippen LogP contribution is 2.30. The molecule has 1 fully saturated rings. The zero-order valence-corrected chi connectivity index (χ0v) is 18.5. The molecule has 2 heterocycles. The van der Waals surface area contributed by atoms with Gasteiger partial charge in [-0.25, -0.2) is 17.6 Å². The fraction of sp³-hybridized carbons (Fsp3) is 0.273. The quantitative estimate of drug-likeness (QED) is 0.490. The van der Waals surface area contributed by atoms with E-state index in [1.165, 1.54) is 22.5 Å². The zero-order valence-electron chi connectivity index (χ0n) is 17.7. The Balaban J connectivity index is 1.61. The van der Waals surface area contributed by atoms with Crippen molar-refractivity contribution in [1.82, 2.24) is 19.2 Å². The van der Waals surface area contributed by atoms with E-state index in [1.807, 2.05) is 11.0 Å². The first kappa shape index (κ1) is 22.9. The van der Waals surface area contributed by atoms with E-state index in [-0.39, 0.29) is 43.3 Å². The van der Waals surface area contributed by atoms with Gasteiger partial charge in [-0.2, -0.15) is 4.31 Å². The van der Waals surface area contributed by atoms with Gasteiger partial charge in [-0.1, -0.05) is 42.5 Å². The molecule has 1 aromatic heterocycles. The van der Waals surface area contributed by atoms with Crippen LogP contribution in [0.4, 0.5) is 10.2 Å². The molecule has 0 bridgehead atoms. The number of halogens is 1. The summed E-state index contributed by atoms with van der Waals surface area (Å²) >= 11 is 0. The third-order valence-electron chi connectivity index (χ3n) is 5.67. The molecule has 9 nitrogen and oxygen atoms in total. The van der Waals surface area contributed by atoms with Crippen LogP contribution in [0.25, 0.3) is 0 Å².